The highest BCUT2D eigenvalue weighted by Crippen LogP contribution is 2.22. The first-order valence-electron chi connectivity index (χ1n) is 7.72. The molecule has 0 radical (unpaired) electrons. The molecule has 2 aromatic carbocycles. The van der Waals surface area contributed by atoms with Crippen molar-refractivity contribution < 1.29 is 4.74 Å². The number of ether oxygens (including phenoxy) is 1. The lowest BCUT2D eigenvalue weighted by Gasteiger charge is -2.11. The summed E-state index contributed by atoms with van der Waals surface area (Å²) in [7, 11) is 0. The predicted molar refractivity (Wildman–Crippen MR) is 86.6 cm³/mol. The third-order valence-electron chi connectivity index (χ3n) is 4.14. The Morgan fingerprint density at radius 3 is 2.43 bits per heavy atom. The SMILES string of the molecule is Cc1cccc(OCc2ccc(CNC3CC3)cc2)c1C. The van der Waals surface area contributed by atoms with Gasteiger partial charge in [-0.2, -0.15) is 0 Å². The summed E-state index contributed by atoms with van der Waals surface area (Å²) >= 11 is 0. The van der Waals surface area contributed by atoms with Gasteiger partial charge in [0, 0.05) is 12.6 Å². The van der Waals surface area contributed by atoms with Crippen molar-refractivity contribution in [3.8, 4) is 5.75 Å². The van der Waals surface area contributed by atoms with E-state index in [0.29, 0.717) is 6.61 Å². The van der Waals surface area contributed by atoms with E-state index in [0.717, 1.165) is 18.3 Å². The highest BCUT2D eigenvalue weighted by molar-refractivity contribution is 5.38. The second-order valence-electron chi connectivity index (χ2n) is 5.96. The summed E-state index contributed by atoms with van der Waals surface area (Å²) in [6.45, 7) is 5.82. The molecule has 0 heterocycles. The summed E-state index contributed by atoms with van der Waals surface area (Å²) in [6, 6.07) is 15.7. The van der Waals surface area contributed by atoms with Crippen LogP contribution < -0.4 is 10.1 Å². The van der Waals surface area contributed by atoms with Crippen molar-refractivity contribution in [1.82, 2.24) is 5.32 Å². The number of hydrogen-bond acceptors (Lipinski definition) is 2. The Bertz CT molecular complexity index is 599. The first-order valence-corrected chi connectivity index (χ1v) is 7.72. The van der Waals surface area contributed by atoms with E-state index in [2.05, 4.69) is 49.5 Å². The molecule has 0 saturated heterocycles. The summed E-state index contributed by atoms with van der Waals surface area (Å²) in [4.78, 5) is 0. The lowest BCUT2D eigenvalue weighted by molar-refractivity contribution is 0.304. The minimum atomic E-state index is 0.626. The molecule has 1 N–H and O–H groups in total. The van der Waals surface area contributed by atoms with Gasteiger partial charge in [-0.1, -0.05) is 36.4 Å². The zero-order valence-corrected chi connectivity index (χ0v) is 12.9. The van der Waals surface area contributed by atoms with E-state index >= 15 is 0 Å². The van der Waals surface area contributed by atoms with Gasteiger partial charge in [0.1, 0.15) is 12.4 Å². The molecule has 3 rings (SSSR count). The van der Waals surface area contributed by atoms with Crippen molar-refractivity contribution in [1.29, 1.82) is 0 Å². The maximum atomic E-state index is 5.94. The molecule has 0 amide bonds. The van der Waals surface area contributed by atoms with Gasteiger partial charge in [-0.3, -0.25) is 0 Å². The zero-order chi connectivity index (χ0) is 14.7. The normalized spacial score (nSPS) is 14.2. The van der Waals surface area contributed by atoms with Crippen molar-refractivity contribution in [2.45, 2.75) is 45.9 Å². The second kappa shape index (κ2) is 6.31. The van der Waals surface area contributed by atoms with Gasteiger partial charge in [0.15, 0.2) is 0 Å². The molecule has 0 spiro atoms. The lowest BCUT2D eigenvalue weighted by Crippen LogP contribution is -2.15. The minimum absolute atomic E-state index is 0.626. The minimum Gasteiger partial charge on any atom is -0.489 e. The van der Waals surface area contributed by atoms with Gasteiger partial charge in [-0.05, 0) is 55.0 Å². The average Bonchev–Trinajstić information content (AvgIpc) is 3.32. The standard InChI is InChI=1S/C19H23NO/c1-14-4-3-5-19(15(14)2)21-13-17-8-6-16(7-9-17)12-20-18-10-11-18/h3-9,18,20H,10-13H2,1-2H3. The monoisotopic (exact) mass is 281 g/mol. The fourth-order valence-corrected chi connectivity index (χ4v) is 2.34. The van der Waals surface area contributed by atoms with Crippen LogP contribution in [0.15, 0.2) is 42.5 Å². The number of nitrogens with one attached hydrogen (secondary N) is 1. The molecule has 1 saturated carbocycles. The number of aryl methyl sites for hydroxylation is 1. The van der Waals surface area contributed by atoms with Crippen molar-refractivity contribution in [3.05, 3.63) is 64.7 Å². The van der Waals surface area contributed by atoms with Crippen LogP contribution in [-0.2, 0) is 13.2 Å². The Labute approximate surface area is 127 Å². The maximum Gasteiger partial charge on any atom is 0.122 e. The molecule has 1 aliphatic rings. The molecule has 1 aliphatic carbocycles. The summed E-state index contributed by atoms with van der Waals surface area (Å²) in [5.41, 5.74) is 5.06. The fraction of sp³-hybridized carbons (Fsp3) is 0.368. The van der Waals surface area contributed by atoms with Crippen LogP contribution in [0.5, 0.6) is 5.75 Å². The van der Waals surface area contributed by atoms with Crippen molar-refractivity contribution in [2.24, 2.45) is 0 Å². The first kappa shape index (κ1) is 14.2. The van der Waals surface area contributed by atoms with Gasteiger partial charge >= 0.3 is 0 Å². The van der Waals surface area contributed by atoms with Crippen LogP contribution in [0.25, 0.3) is 0 Å². The Morgan fingerprint density at radius 1 is 1.00 bits per heavy atom. The predicted octanol–water partition coefficient (Wildman–Crippen LogP) is 4.13. The quantitative estimate of drug-likeness (QED) is 0.859. The van der Waals surface area contributed by atoms with Crippen LogP contribution >= 0.6 is 0 Å². The van der Waals surface area contributed by atoms with Gasteiger partial charge in [-0.15, -0.1) is 0 Å². The van der Waals surface area contributed by atoms with Gasteiger partial charge in [-0.25, -0.2) is 0 Å². The molecule has 2 heteroatoms. The van der Waals surface area contributed by atoms with Crippen LogP contribution in [0.4, 0.5) is 0 Å². The Hall–Kier alpha value is -1.80. The summed E-state index contributed by atoms with van der Waals surface area (Å²) in [6.07, 6.45) is 2.67. The molecule has 110 valence electrons. The van der Waals surface area contributed by atoms with E-state index in [-0.39, 0.29) is 0 Å². The molecule has 0 unspecified atom stereocenters. The molecule has 0 atom stereocenters. The summed E-state index contributed by atoms with van der Waals surface area (Å²) in [5, 5.41) is 3.53. The second-order valence-corrected chi connectivity index (χ2v) is 5.96. The molecule has 21 heavy (non-hydrogen) atoms. The molecule has 1 fully saturated rings. The molecule has 0 bridgehead atoms. The van der Waals surface area contributed by atoms with E-state index in [1.807, 2.05) is 12.1 Å². The van der Waals surface area contributed by atoms with E-state index in [9.17, 15) is 0 Å². The van der Waals surface area contributed by atoms with Crippen LogP contribution in [0.3, 0.4) is 0 Å². The van der Waals surface area contributed by atoms with Crippen LogP contribution in [0.2, 0.25) is 0 Å². The number of rotatable bonds is 6. The van der Waals surface area contributed by atoms with Crippen LogP contribution in [0, 0.1) is 13.8 Å². The molecule has 0 aliphatic heterocycles. The first-order chi connectivity index (χ1) is 10.2. The van der Waals surface area contributed by atoms with Gasteiger partial charge in [0.05, 0.1) is 0 Å². The van der Waals surface area contributed by atoms with Crippen LogP contribution in [0.1, 0.15) is 35.1 Å². The molecular formula is C19H23NO. The summed E-state index contributed by atoms with van der Waals surface area (Å²) in [5.74, 6) is 0.981. The molecule has 2 nitrogen and oxygen atoms in total. The Kier molecular flexibility index (Phi) is 4.26. The van der Waals surface area contributed by atoms with Gasteiger partial charge in [0.2, 0.25) is 0 Å². The number of benzene rings is 2. The topological polar surface area (TPSA) is 21.3 Å². The average molecular weight is 281 g/mol. The van der Waals surface area contributed by atoms with Crippen molar-refractivity contribution in [3.63, 3.8) is 0 Å². The molecule has 2 aromatic rings. The molecular weight excluding hydrogens is 258 g/mol. The van der Waals surface area contributed by atoms with Gasteiger partial charge in [0.25, 0.3) is 0 Å². The Balaban J connectivity index is 1.56. The van der Waals surface area contributed by atoms with E-state index in [4.69, 9.17) is 4.74 Å². The smallest absolute Gasteiger partial charge is 0.122 e. The lowest BCUT2D eigenvalue weighted by atomic mass is 10.1. The van der Waals surface area contributed by atoms with E-state index in [1.54, 1.807) is 0 Å². The highest BCUT2D eigenvalue weighted by atomic mass is 16.5. The number of hydrogen-bond donors (Lipinski definition) is 1. The fourth-order valence-electron chi connectivity index (χ4n) is 2.34. The zero-order valence-electron chi connectivity index (χ0n) is 12.9. The third kappa shape index (κ3) is 3.85. The largest absolute Gasteiger partial charge is 0.489 e. The molecule has 0 aromatic heterocycles. The maximum absolute atomic E-state index is 5.94. The van der Waals surface area contributed by atoms with Crippen LogP contribution in [-0.4, -0.2) is 6.04 Å². The van der Waals surface area contributed by atoms with Crippen molar-refractivity contribution >= 4 is 0 Å². The third-order valence-corrected chi connectivity index (χ3v) is 4.14. The van der Waals surface area contributed by atoms with Crippen molar-refractivity contribution in [2.75, 3.05) is 0 Å². The highest BCUT2D eigenvalue weighted by Gasteiger charge is 2.19. The van der Waals surface area contributed by atoms with Gasteiger partial charge < -0.3 is 10.1 Å². The van der Waals surface area contributed by atoms with E-state index in [1.165, 1.54) is 35.1 Å². The summed E-state index contributed by atoms with van der Waals surface area (Å²) < 4.78 is 5.94. The van der Waals surface area contributed by atoms with E-state index < -0.39 is 0 Å². The Morgan fingerprint density at radius 2 is 1.71 bits per heavy atom.